The summed E-state index contributed by atoms with van der Waals surface area (Å²) >= 11 is 0. The zero-order valence-corrected chi connectivity index (χ0v) is 15.4. The Hall–Kier alpha value is -1.70. The van der Waals surface area contributed by atoms with Crippen LogP contribution in [0, 0.1) is 0 Å². The van der Waals surface area contributed by atoms with Crippen molar-refractivity contribution in [1.82, 2.24) is 15.1 Å². The highest BCUT2D eigenvalue weighted by atomic mass is 32.2. The van der Waals surface area contributed by atoms with Gasteiger partial charge in [0.2, 0.25) is 0 Å². The minimum atomic E-state index is -3.03. The Morgan fingerprint density at radius 2 is 2.04 bits per heavy atom. The molecular weight excluding hydrogens is 328 g/mol. The molecule has 24 heavy (non-hydrogen) atoms. The van der Waals surface area contributed by atoms with Crippen LogP contribution in [0.2, 0.25) is 0 Å². The Balaban J connectivity index is 2.08. The van der Waals surface area contributed by atoms with E-state index in [0.29, 0.717) is 13.0 Å². The molecule has 7 nitrogen and oxygen atoms in total. The van der Waals surface area contributed by atoms with E-state index < -0.39 is 9.84 Å². The monoisotopic (exact) mass is 354 g/mol. The molecule has 1 aliphatic heterocycles. The van der Waals surface area contributed by atoms with Crippen LogP contribution in [0.15, 0.2) is 12.1 Å². The molecule has 1 aromatic rings. The van der Waals surface area contributed by atoms with Gasteiger partial charge in [-0.1, -0.05) is 13.3 Å². The third-order valence-corrected chi connectivity index (χ3v) is 6.11. The van der Waals surface area contributed by atoms with Gasteiger partial charge in [0.15, 0.2) is 21.3 Å². The van der Waals surface area contributed by atoms with Crippen LogP contribution in [-0.2, 0) is 9.84 Å². The Bertz CT molecular complexity index is 660. The number of anilines is 1. The zero-order valence-electron chi connectivity index (χ0n) is 14.6. The van der Waals surface area contributed by atoms with E-state index in [0.717, 1.165) is 25.2 Å². The fourth-order valence-corrected chi connectivity index (χ4v) is 4.62. The number of unbranched alkanes of at least 4 members (excludes halogenated alkanes) is 1. The number of carbonyl (C=O) groups excluding carboxylic acids is 1. The molecule has 2 heterocycles. The van der Waals surface area contributed by atoms with Gasteiger partial charge in [-0.2, -0.15) is 0 Å². The predicted molar refractivity (Wildman–Crippen MR) is 94.0 cm³/mol. The fourth-order valence-electron chi connectivity index (χ4n) is 2.89. The van der Waals surface area contributed by atoms with E-state index in [9.17, 15) is 13.2 Å². The summed E-state index contributed by atoms with van der Waals surface area (Å²) in [6.45, 7) is 5.32. The Morgan fingerprint density at radius 3 is 2.54 bits per heavy atom. The molecule has 1 unspecified atom stereocenters. The van der Waals surface area contributed by atoms with Crippen LogP contribution < -0.4 is 4.90 Å². The number of aromatic nitrogens is 2. The van der Waals surface area contributed by atoms with Gasteiger partial charge in [0.05, 0.1) is 11.5 Å². The molecule has 1 atom stereocenters. The quantitative estimate of drug-likeness (QED) is 0.735. The lowest BCUT2D eigenvalue weighted by molar-refractivity contribution is 0.0701. The maximum Gasteiger partial charge on any atom is 0.274 e. The Labute approximate surface area is 144 Å². The van der Waals surface area contributed by atoms with Gasteiger partial charge in [-0.25, -0.2) is 8.42 Å². The van der Waals surface area contributed by atoms with Crippen LogP contribution in [0.1, 0.15) is 43.6 Å². The molecule has 1 amide bonds. The van der Waals surface area contributed by atoms with Gasteiger partial charge in [-0.3, -0.25) is 4.79 Å². The van der Waals surface area contributed by atoms with Gasteiger partial charge in [0.25, 0.3) is 5.91 Å². The topological polar surface area (TPSA) is 83.5 Å². The number of rotatable bonds is 7. The van der Waals surface area contributed by atoms with Gasteiger partial charge >= 0.3 is 0 Å². The second kappa shape index (κ2) is 7.92. The third kappa shape index (κ3) is 4.43. The lowest BCUT2D eigenvalue weighted by Crippen LogP contribution is -2.41. The largest absolute Gasteiger partial charge is 0.358 e. The smallest absolute Gasteiger partial charge is 0.274 e. The molecule has 0 radical (unpaired) electrons. The van der Waals surface area contributed by atoms with Crippen molar-refractivity contribution in [2.24, 2.45) is 0 Å². The van der Waals surface area contributed by atoms with E-state index >= 15 is 0 Å². The van der Waals surface area contributed by atoms with E-state index in [1.54, 1.807) is 17.0 Å². The van der Waals surface area contributed by atoms with Gasteiger partial charge in [0.1, 0.15) is 0 Å². The lowest BCUT2D eigenvalue weighted by atomic mass is 10.2. The van der Waals surface area contributed by atoms with Crippen molar-refractivity contribution in [3.63, 3.8) is 0 Å². The molecule has 0 aliphatic carbocycles. The van der Waals surface area contributed by atoms with Crippen LogP contribution >= 0.6 is 0 Å². The summed E-state index contributed by atoms with van der Waals surface area (Å²) in [4.78, 5) is 16.2. The van der Waals surface area contributed by atoms with Crippen molar-refractivity contribution in [3.8, 4) is 0 Å². The average molecular weight is 354 g/mol. The molecule has 1 saturated heterocycles. The van der Waals surface area contributed by atoms with Crippen LogP contribution in [0.3, 0.4) is 0 Å². The molecule has 1 aromatic heterocycles. The van der Waals surface area contributed by atoms with E-state index in [4.69, 9.17) is 0 Å². The normalized spacial score (nSPS) is 19.2. The van der Waals surface area contributed by atoms with Crippen LogP contribution in [-0.4, -0.2) is 67.1 Å². The van der Waals surface area contributed by atoms with E-state index in [-0.39, 0.29) is 29.1 Å². The van der Waals surface area contributed by atoms with Crippen LogP contribution in [0.5, 0.6) is 0 Å². The van der Waals surface area contributed by atoms with Crippen molar-refractivity contribution in [2.75, 3.05) is 36.5 Å². The van der Waals surface area contributed by atoms with Crippen molar-refractivity contribution in [3.05, 3.63) is 17.8 Å². The summed E-state index contributed by atoms with van der Waals surface area (Å²) in [5, 5.41) is 8.19. The van der Waals surface area contributed by atoms with Crippen LogP contribution in [0.4, 0.5) is 5.82 Å². The number of nitrogens with zero attached hydrogens (tertiary/aromatic N) is 4. The molecular formula is C16H26N4O3S. The van der Waals surface area contributed by atoms with Crippen molar-refractivity contribution < 1.29 is 13.2 Å². The van der Waals surface area contributed by atoms with Gasteiger partial charge in [-0.15, -0.1) is 10.2 Å². The fraction of sp³-hybridized carbons (Fsp3) is 0.688. The van der Waals surface area contributed by atoms with E-state index in [2.05, 4.69) is 17.1 Å². The number of carbonyl (C=O) groups is 1. The molecule has 0 saturated carbocycles. The lowest BCUT2D eigenvalue weighted by Gasteiger charge is -2.26. The first kappa shape index (κ1) is 18.6. The number of hydrogen-bond acceptors (Lipinski definition) is 6. The highest BCUT2D eigenvalue weighted by Gasteiger charge is 2.34. The second-order valence-corrected chi connectivity index (χ2v) is 8.43. The third-order valence-electron chi connectivity index (χ3n) is 4.36. The molecule has 0 aromatic carbocycles. The van der Waals surface area contributed by atoms with Gasteiger partial charge < -0.3 is 9.80 Å². The van der Waals surface area contributed by atoms with Gasteiger partial charge in [0, 0.05) is 26.2 Å². The maximum atomic E-state index is 12.6. The number of hydrogen-bond donors (Lipinski definition) is 0. The molecule has 2 rings (SSSR count). The van der Waals surface area contributed by atoms with E-state index in [1.807, 2.05) is 18.9 Å². The summed E-state index contributed by atoms with van der Waals surface area (Å²) in [5.74, 6) is 0.660. The summed E-state index contributed by atoms with van der Waals surface area (Å²) < 4.78 is 23.3. The Kier molecular flexibility index (Phi) is 6.15. The molecule has 0 bridgehead atoms. The molecule has 0 N–H and O–H groups in total. The van der Waals surface area contributed by atoms with E-state index in [1.165, 1.54) is 0 Å². The molecule has 0 spiro atoms. The second-order valence-electron chi connectivity index (χ2n) is 6.20. The summed E-state index contributed by atoms with van der Waals surface area (Å²) in [6.07, 6.45) is 2.66. The standard InChI is InChI=1S/C16H26N4O3S/c1-4-6-10-19(3)15-8-7-14(17-18-15)16(21)20(5-2)13-9-11-24(22,23)12-13/h7-8,13H,4-6,9-12H2,1-3H3. The minimum absolute atomic E-state index is 0.0395. The highest BCUT2D eigenvalue weighted by molar-refractivity contribution is 7.91. The SMILES string of the molecule is CCCCN(C)c1ccc(C(=O)N(CC)C2CCS(=O)(=O)C2)nn1. The molecule has 8 heteroatoms. The van der Waals surface area contributed by atoms with Crippen LogP contribution in [0.25, 0.3) is 0 Å². The molecule has 134 valence electrons. The van der Waals surface area contributed by atoms with Crippen molar-refractivity contribution >= 4 is 21.6 Å². The summed E-state index contributed by atoms with van der Waals surface area (Å²) in [5.41, 5.74) is 0.258. The minimum Gasteiger partial charge on any atom is -0.358 e. The van der Waals surface area contributed by atoms with Crippen molar-refractivity contribution in [2.45, 2.75) is 39.2 Å². The van der Waals surface area contributed by atoms with Crippen molar-refractivity contribution in [1.29, 1.82) is 0 Å². The zero-order chi connectivity index (χ0) is 17.7. The Morgan fingerprint density at radius 1 is 1.29 bits per heavy atom. The highest BCUT2D eigenvalue weighted by Crippen LogP contribution is 2.19. The molecule has 1 aliphatic rings. The first-order valence-electron chi connectivity index (χ1n) is 8.44. The maximum absolute atomic E-state index is 12.6. The number of sulfone groups is 1. The number of amides is 1. The first-order chi connectivity index (χ1) is 11.4. The van der Waals surface area contributed by atoms with Gasteiger partial charge in [-0.05, 0) is 31.9 Å². The average Bonchev–Trinajstić information content (AvgIpc) is 2.93. The first-order valence-corrected chi connectivity index (χ1v) is 10.3. The summed E-state index contributed by atoms with van der Waals surface area (Å²) in [7, 11) is -1.08. The molecule has 1 fully saturated rings. The predicted octanol–water partition coefficient (Wildman–Crippen LogP) is 1.36. The summed E-state index contributed by atoms with van der Waals surface area (Å²) in [6, 6.07) is 3.19.